The minimum atomic E-state index is -0.441. The predicted octanol–water partition coefficient (Wildman–Crippen LogP) is 2.38. The molecule has 0 aliphatic carbocycles. The lowest BCUT2D eigenvalue weighted by molar-refractivity contribution is 0.411. The molecule has 1 atom stereocenters. The van der Waals surface area contributed by atoms with Crippen LogP contribution < -0.4 is 10.5 Å². The lowest BCUT2D eigenvalue weighted by atomic mass is 10.1. The summed E-state index contributed by atoms with van der Waals surface area (Å²) in [5.74, 6) is -0.0964. The Morgan fingerprint density at radius 1 is 1.57 bits per heavy atom. The number of hydrogen-bond donors (Lipinski definition) is 1. The number of hydrogen-bond acceptors (Lipinski definition) is 2. The van der Waals surface area contributed by atoms with Gasteiger partial charge in [-0.1, -0.05) is 17.7 Å². The summed E-state index contributed by atoms with van der Waals surface area (Å²) in [5, 5.41) is 0.0191. The summed E-state index contributed by atoms with van der Waals surface area (Å²) in [5.41, 5.74) is 6.09. The van der Waals surface area contributed by atoms with Crippen molar-refractivity contribution in [3.8, 4) is 5.75 Å². The lowest BCUT2D eigenvalue weighted by Gasteiger charge is -2.10. The van der Waals surface area contributed by atoms with Crippen LogP contribution in [0.1, 0.15) is 12.5 Å². The molecule has 0 aromatic heterocycles. The van der Waals surface area contributed by atoms with Gasteiger partial charge in [-0.15, -0.1) is 0 Å². The van der Waals surface area contributed by atoms with Crippen molar-refractivity contribution in [2.75, 3.05) is 7.11 Å². The first-order valence-electron chi connectivity index (χ1n) is 4.32. The van der Waals surface area contributed by atoms with Gasteiger partial charge in [0.2, 0.25) is 0 Å². The average Bonchev–Trinajstić information content (AvgIpc) is 2.13. The van der Waals surface area contributed by atoms with Gasteiger partial charge in [-0.05, 0) is 25.0 Å². The average molecular weight is 218 g/mol. The molecular weight excluding hydrogens is 205 g/mol. The van der Waals surface area contributed by atoms with Gasteiger partial charge in [0.1, 0.15) is 16.6 Å². The van der Waals surface area contributed by atoms with Crippen molar-refractivity contribution in [2.24, 2.45) is 5.73 Å². The van der Waals surface area contributed by atoms with Gasteiger partial charge >= 0.3 is 0 Å². The highest BCUT2D eigenvalue weighted by Crippen LogP contribution is 2.29. The van der Waals surface area contributed by atoms with Crippen LogP contribution in [0.3, 0.4) is 0 Å². The minimum absolute atomic E-state index is 0.0191. The molecule has 0 saturated carbocycles. The number of rotatable bonds is 3. The van der Waals surface area contributed by atoms with E-state index in [1.807, 2.05) is 6.92 Å². The highest BCUT2D eigenvalue weighted by Gasteiger charge is 2.12. The largest absolute Gasteiger partial charge is 0.495 e. The highest BCUT2D eigenvalue weighted by atomic mass is 35.5. The van der Waals surface area contributed by atoms with Crippen LogP contribution in [0.2, 0.25) is 5.02 Å². The lowest BCUT2D eigenvalue weighted by Crippen LogP contribution is -2.18. The summed E-state index contributed by atoms with van der Waals surface area (Å²) in [6.07, 6.45) is 0.468. The van der Waals surface area contributed by atoms with Gasteiger partial charge in [-0.3, -0.25) is 0 Å². The van der Waals surface area contributed by atoms with Crippen LogP contribution in [-0.2, 0) is 6.42 Å². The Hall–Kier alpha value is -0.800. The van der Waals surface area contributed by atoms with E-state index < -0.39 is 5.82 Å². The Kier molecular flexibility index (Phi) is 3.72. The molecule has 2 N–H and O–H groups in total. The van der Waals surface area contributed by atoms with Crippen LogP contribution in [0, 0.1) is 5.82 Å². The maximum absolute atomic E-state index is 13.5. The molecule has 0 saturated heterocycles. The molecule has 1 aromatic rings. The molecule has 4 heteroatoms. The van der Waals surface area contributed by atoms with Gasteiger partial charge in [-0.25, -0.2) is 4.39 Å². The van der Waals surface area contributed by atoms with Crippen LogP contribution in [0.15, 0.2) is 12.1 Å². The molecule has 0 fully saturated rings. The van der Waals surface area contributed by atoms with Gasteiger partial charge in [0, 0.05) is 6.04 Å². The van der Waals surface area contributed by atoms with E-state index in [0.717, 1.165) is 0 Å². The maximum Gasteiger partial charge on any atom is 0.148 e. The molecule has 0 aliphatic heterocycles. The number of methoxy groups -OCH3 is 1. The van der Waals surface area contributed by atoms with E-state index in [4.69, 9.17) is 22.1 Å². The third-order valence-corrected chi connectivity index (χ3v) is 2.24. The van der Waals surface area contributed by atoms with E-state index in [1.165, 1.54) is 7.11 Å². The van der Waals surface area contributed by atoms with Crippen molar-refractivity contribution in [3.63, 3.8) is 0 Å². The van der Waals surface area contributed by atoms with Crippen LogP contribution in [0.25, 0.3) is 0 Å². The molecular formula is C10H13ClFNO. The Morgan fingerprint density at radius 3 is 2.71 bits per heavy atom. The van der Waals surface area contributed by atoms with Crippen molar-refractivity contribution in [1.82, 2.24) is 0 Å². The van der Waals surface area contributed by atoms with Crippen molar-refractivity contribution >= 4 is 11.6 Å². The Labute approximate surface area is 87.8 Å². The van der Waals surface area contributed by atoms with Gasteiger partial charge in [0.15, 0.2) is 0 Å². The fourth-order valence-corrected chi connectivity index (χ4v) is 1.50. The van der Waals surface area contributed by atoms with Gasteiger partial charge in [0.05, 0.1) is 7.11 Å². The van der Waals surface area contributed by atoms with E-state index in [2.05, 4.69) is 0 Å². The third kappa shape index (κ3) is 2.36. The fourth-order valence-electron chi connectivity index (χ4n) is 1.23. The molecule has 1 rings (SSSR count). The van der Waals surface area contributed by atoms with Crippen molar-refractivity contribution in [1.29, 1.82) is 0 Å². The van der Waals surface area contributed by atoms with E-state index in [9.17, 15) is 4.39 Å². The van der Waals surface area contributed by atoms with Crippen molar-refractivity contribution in [2.45, 2.75) is 19.4 Å². The smallest absolute Gasteiger partial charge is 0.148 e. The van der Waals surface area contributed by atoms with Crippen LogP contribution in [-0.4, -0.2) is 13.2 Å². The summed E-state index contributed by atoms with van der Waals surface area (Å²) in [4.78, 5) is 0. The second kappa shape index (κ2) is 4.62. The number of nitrogens with two attached hydrogens (primary N) is 1. The predicted molar refractivity (Wildman–Crippen MR) is 55.3 cm³/mol. The Morgan fingerprint density at radius 2 is 2.21 bits per heavy atom. The first-order chi connectivity index (χ1) is 6.56. The number of ether oxygens (including phenoxy) is 1. The molecule has 0 radical (unpaired) electrons. The van der Waals surface area contributed by atoms with Crippen molar-refractivity contribution < 1.29 is 9.13 Å². The van der Waals surface area contributed by atoms with Crippen molar-refractivity contribution in [3.05, 3.63) is 28.5 Å². The molecule has 1 unspecified atom stereocenters. The van der Waals surface area contributed by atoms with Gasteiger partial charge < -0.3 is 10.5 Å². The molecule has 2 nitrogen and oxygen atoms in total. The number of benzene rings is 1. The van der Waals surface area contributed by atoms with E-state index in [-0.39, 0.29) is 11.1 Å². The minimum Gasteiger partial charge on any atom is -0.495 e. The molecule has 1 aromatic carbocycles. The van der Waals surface area contributed by atoms with Gasteiger partial charge in [0.25, 0.3) is 0 Å². The Bertz CT molecular complexity index is 328. The van der Waals surface area contributed by atoms with Gasteiger partial charge in [-0.2, -0.15) is 0 Å². The first-order valence-corrected chi connectivity index (χ1v) is 4.70. The molecule has 0 amide bonds. The van der Waals surface area contributed by atoms with Crippen LogP contribution in [0.4, 0.5) is 4.39 Å². The first kappa shape index (κ1) is 11.3. The second-order valence-electron chi connectivity index (χ2n) is 3.24. The quantitative estimate of drug-likeness (QED) is 0.844. The number of halogens is 2. The Balaban J connectivity index is 3.04. The van der Waals surface area contributed by atoms with E-state index in [1.54, 1.807) is 12.1 Å². The molecule has 0 spiro atoms. The topological polar surface area (TPSA) is 35.2 Å². The fraction of sp³-hybridized carbons (Fsp3) is 0.400. The summed E-state index contributed by atoms with van der Waals surface area (Å²) in [7, 11) is 1.45. The normalized spacial score (nSPS) is 12.6. The van der Waals surface area contributed by atoms with Crippen LogP contribution in [0.5, 0.6) is 5.75 Å². The SMILES string of the molecule is COc1ccc(CC(C)N)c(F)c1Cl. The second-order valence-corrected chi connectivity index (χ2v) is 3.61. The molecule has 0 aliphatic rings. The summed E-state index contributed by atoms with van der Waals surface area (Å²) in [6, 6.07) is 3.20. The van der Waals surface area contributed by atoms with E-state index >= 15 is 0 Å². The summed E-state index contributed by atoms with van der Waals surface area (Å²) >= 11 is 5.74. The molecule has 78 valence electrons. The molecule has 0 bridgehead atoms. The maximum atomic E-state index is 13.5. The molecule has 0 heterocycles. The van der Waals surface area contributed by atoms with E-state index in [0.29, 0.717) is 17.7 Å². The monoisotopic (exact) mass is 217 g/mol. The summed E-state index contributed by atoms with van der Waals surface area (Å²) < 4.78 is 18.4. The standard InChI is InChI=1S/C10H13ClFNO/c1-6(13)5-7-3-4-8(14-2)9(11)10(7)12/h3-4,6H,5,13H2,1-2H3. The van der Waals surface area contributed by atoms with Crippen LogP contribution >= 0.6 is 11.6 Å². The molecule has 14 heavy (non-hydrogen) atoms. The summed E-state index contributed by atoms with van der Waals surface area (Å²) in [6.45, 7) is 1.82. The zero-order valence-corrected chi connectivity index (χ0v) is 8.94. The highest BCUT2D eigenvalue weighted by molar-refractivity contribution is 6.32. The third-order valence-electron chi connectivity index (χ3n) is 1.89. The zero-order chi connectivity index (χ0) is 10.7. The zero-order valence-electron chi connectivity index (χ0n) is 8.18.